The number of rotatable bonds is 4. The van der Waals surface area contributed by atoms with Crippen molar-refractivity contribution in [2.75, 3.05) is 0 Å². The van der Waals surface area contributed by atoms with Gasteiger partial charge in [0.05, 0.1) is 17.8 Å². The molecule has 0 fully saturated rings. The molecule has 0 bridgehead atoms. The Labute approximate surface area is 161 Å². The van der Waals surface area contributed by atoms with Crippen molar-refractivity contribution in [1.82, 2.24) is 24.9 Å². The summed E-state index contributed by atoms with van der Waals surface area (Å²) in [5, 5.41) is 8.94. The van der Waals surface area contributed by atoms with E-state index in [4.69, 9.17) is 0 Å². The number of carbonyl (C=O) groups excluding carboxylic acids is 1. The second-order valence-corrected chi connectivity index (χ2v) is 6.65. The van der Waals surface area contributed by atoms with Crippen LogP contribution in [0, 0.1) is 12.7 Å². The summed E-state index contributed by atoms with van der Waals surface area (Å²) in [7, 11) is 1.26. The Morgan fingerprint density at radius 1 is 1.31 bits per heavy atom. The van der Waals surface area contributed by atoms with Crippen LogP contribution in [0.25, 0.3) is 10.9 Å². The fraction of sp³-hybridized carbons (Fsp3) is 0.333. The van der Waals surface area contributed by atoms with Crippen LogP contribution in [0.3, 0.4) is 0 Å². The van der Waals surface area contributed by atoms with Crippen molar-refractivity contribution in [2.45, 2.75) is 32.6 Å². The number of aromatic nitrogens is 4. The number of nitrogens with one attached hydrogen (secondary N) is 1. The van der Waals surface area contributed by atoms with Crippen molar-refractivity contribution < 1.29 is 22.4 Å². The zero-order valence-electron chi connectivity index (χ0n) is 15.7. The van der Waals surface area contributed by atoms with E-state index in [-0.39, 0.29) is 11.1 Å². The van der Waals surface area contributed by atoms with E-state index in [0.29, 0.717) is 10.2 Å². The van der Waals surface area contributed by atoms with Crippen LogP contribution in [0.1, 0.15) is 29.8 Å². The zero-order chi connectivity index (χ0) is 21.5. The SMILES string of the molecule is Cc1ccc([C@H](C)NC(=O)Cn2ncc3c(c(C(F)(F)F)nn3C)c2=O)c(F)c1. The van der Waals surface area contributed by atoms with Gasteiger partial charge in [-0.05, 0) is 25.5 Å². The van der Waals surface area contributed by atoms with Gasteiger partial charge in [-0.15, -0.1) is 0 Å². The molecule has 0 spiro atoms. The number of halogens is 4. The lowest BCUT2D eigenvalue weighted by atomic mass is 10.1. The number of alkyl halides is 3. The van der Waals surface area contributed by atoms with Crippen LogP contribution in [0.2, 0.25) is 0 Å². The topological polar surface area (TPSA) is 81.8 Å². The van der Waals surface area contributed by atoms with Crippen molar-refractivity contribution in [1.29, 1.82) is 0 Å². The summed E-state index contributed by atoms with van der Waals surface area (Å²) >= 11 is 0. The third-order valence-corrected chi connectivity index (χ3v) is 4.42. The van der Waals surface area contributed by atoms with Gasteiger partial charge >= 0.3 is 6.18 Å². The number of hydrogen-bond donors (Lipinski definition) is 1. The lowest BCUT2D eigenvalue weighted by molar-refractivity contribution is -0.140. The molecular formula is C18H17F4N5O2. The molecule has 11 heteroatoms. The van der Waals surface area contributed by atoms with Crippen LogP contribution in [-0.2, 0) is 24.6 Å². The maximum absolute atomic E-state index is 14.0. The molecule has 1 atom stereocenters. The van der Waals surface area contributed by atoms with Gasteiger partial charge in [0.15, 0.2) is 5.69 Å². The summed E-state index contributed by atoms with van der Waals surface area (Å²) in [5.41, 5.74) is -1.58. The molecule has 0 saturated heterocycles. The van der Waals surface area contributed by atoms with E-state index in [1.807, 2.05) is 0 Å². The molecule has 7 nitrogen and oxygen atoms in total. The van der Waals surface area contributed by atoms with E-state index >= 15 is 0 Å². The van der Waals surface area contributed by atoms with Crippen LogP contribution in [0.4, 0.5) is 17.6 Å². The lowest BCUT2D eigenvalue weighted by Gasteiger charge is -2.16. The monoisotopic (exact) mass is 411 g/mol. The first-order chi connectivity index (χ1) is 13.5. The van der Waals surface area contributed by atoms with E-state index in [9.17, 15) is 27.2 Å². The molecule has 1 N–H and O–H groups in total. The van der Waals surface area contributed by atoms with Gasteiger partial charge in [0.1, 0.15) is 17.7 Å². The van der Waals surface area contributed by atoms with E-state index in [1.54, 1.807) is 19.9 Å². The predicted octanol–water partition coefficient (Wildman–Crippen LogP) is 2.47. The van der Waals surface area contributed by atoms with Gasteiger partial charge < -0.3 is 5.32 Å². The molecule has 3 rings (SSSR count). The number of hydrogen-bond acceptors (Lipinski definition) is 4. The summed E-state index contributed by atoms with van der Waals surface area (Å²) in [6, 6.07) is 3.81. The number of amides is 1. The van der Waals surface area contributed by atoms with Gasteiger partial charge in [0.2, 0.25) is 5.91 Å². The largest absolute Gasteiger partial charge is 0.435 e. The maximum Gasteiger partial charge on any atom is 0.435 e. The van der Waals surface area contributed by atoms with Crippen LogP contribution in [0.5, 0.6) is 0 Å². The Hall–Kier alpha value is -3.24. The number of benzene rings is 1. The van der Waals surface area contributed by atoms with Crippen LogP contribution in [-0.4, -0.2) is 25.5 Å². The highest BCUT2D eigenvalue weighted by atomic mass is 19.4. The minimum absolute atomic E-state index is 0.103. The Balaban J connectivity index is 1.87. The summed E-state index contributed by atoms with van der Waals surface area (Å²) < 4.78 is 55.1. The van der Waals surface area contributed by atoms with Crippen LogP contribution < -0.4 is 10.9 Å². The minimum atomic E-state index is -4.84. The molecule has 29 heavy (non-hydrogen) atoms. The second kappa shape index (κ2) is 7.30. The number of carbonyl (C=O) groups is 1. The number of fused-ring (bicyclic) bond motifs is 1. The average molecular weight is 411 g/mol. The normalized spacial score (nSPS) is 12.9. The van der Waals surface area contributed by atoms with Crippen molar-refractivity contribution in [3.05, 3.63) is 57.4 Å². The van der Waals surface area contributed by atoms with Gasteiger partial charge in [-0.25, -0.2) is 9.07 Å². The molecule has 2 aromatic heterocycles. The van der Waals surface area contributed by atoms with Gasteiger partial charge in [-0.2, -0.15) is 23.4 Å². The Morgan fingerprint density at radius 2 is 2.00 bits per heavy atom. The molecule has 0 aliphatic rings. The third-order valence-electron chi connectivity index (χ3n) is 4.42. The Morgan fingerprint density at radius 3 is 2.62 bits per heavy atom. The molecule has 3 aromatic rings. The molecule has 0 unspecified atom stereocenters. The van der Waals surface area contributed by atoms with Crippen molar-refractivity contribution >= 4 is 16.8 Å². The third kappa shape index (κ3) is 3.98. The first kappa shape index (κ1) is 20.5. The summed E-state index contributed by atoms with van der Waals surface area (Å²) in [6.45, 7) is 2.64. The molecular weight excluding hydrogens is 394 g/mol. The van der Waals surface area contributed by atoms with Gasteiger partial charge in [-0.3, -0.25) is 14.3 Å². The quantitative estimate of drug-likeness (QED) is 0.669. The standard InChI is InChI=1S/C18H17F4N5O2/c1-9-4-5-11(12(19)6-9)10(2)24-14(28)8-27-17(29)15-13(7-23-27)26(3)25-16(15)18(20,21)22/h4-7,10H,8H2,1-3H3,(H,24,28)/t10-/m0/s1. The van der Waals surface area contributed by atoms with E-state index < -0.39 is 47.1 Å². The first-order valence-electron chi connectivity index (χ1n) is 8.54. The van der Waals surface area contributed by atoms with E-state index in [2.05, 4.69) is 15.5 Å². The minimum Gasteiger partial charge on any atom is -0.348 e. The van der Waals surface area contributed by atoms with Crippen molar-refractivity contribution in [2.24, 2.45) is 7.05 Å². The first-order valence-corrected chi connectivity index (χ1v) is 8.54. The number of nitrogens with zero attached hydrogens (tertiary/aromatic N) is 4. The average Bonchev–Trinajstić information content (AvgIpc) is 2.95. The molecule has 154 valence electrons. The van der Waals surface area contributed by atoms with Crippen molar-refractivity contribution in [3.63, 3.8) is 0 Å². The molecule has 0 aliphatic heterocycles. The van der Waals surface area contributed by atoms with Gasteiger partial charge in [0.25, 0.3) is 5.56 Å². The molecule has 1 amide bonds. The summed E-state index contributed by atoms with van der Waals surface area (Å²) in [6.07, 6.45) is -3.80. The maximum atomic E-state index is 14.0. The van der Waals surface area contributed by atoms with E-state index in [0.717, 1.165) is 10.9 Å². The van der Waals surface area contributed by atoms with Crippen LogP contribution >= 0.6 is 0 Å². The lowest BCUT2D eigenvalue weighted by Crippen LogP contribution is -2.35. The van der Waals surface area contributed by atoms with Crippen LogP contribution in [0.15, 0.2) is 29.2 Å². The molecule has 2 heterocycles. The second-order valence-electron chi connectivity index (χ2n) is 6.65. The molecule has 0 aliphatic carbocycles. The molecule has 0 saturated carbocycles. The summed E-state index contributed by atoms with van der Waals surface area (Å²) in [4.78, 5) is 24.8. The zero-order valence-corrected chi connectivity index (χ0v) is 15.7. The molecule has 0 radical (unpaired) electrons. The smallest absolute Gasteiger partial charge is 0.348 e. The van der Waals surface area contributed by atoms with Crippen molar-refractivity contribution in [3.8, 4) is 0 Å². The van der Waals surface area contributed by atoms with Gasteiger partial charge in [-0.1, -0.05) is 12.1 Å². The highest BCUT2D eigenvalue weighted by Gasteiger charge is 2.38. The Kier molecular flexibility index (Phi) is 5.16. The van der Waals surface area contributed by atoms with E-state index in [1.165, 1.54) is 19.2 Å². The highest BCUT2D eigenvalue weighted by Crippen LogP contribution is 2.31. The fourth-order valence-electron chi connectivity index (χ4n) is 3.00. The molecule has 1 aromatic carbocycles. The van der Waals surface area contributed by atoms with Gasteiger partial charge in [0, 0.05) is 12.6 Å². The summed E-state index contributed by atoms with van der Waals surface area (Å²) in [5.74, 6) is -1.21. The number of aryl methyl sites for hydroxylation is 2. The fourth-order valence-corrected chi connectivity index (χ4v) is 3.00. The Bertz CT molecular complexity index is 1150. The highest BCUT2D eigenvalue weighted by molar-refractivity contribution is 5.81. The predicted molar refractivity (Wildman–Crippen MR) is 95.5 cm³/mol.